The fraction of sp³-hybridized carbons (Fsp3) is 1.00. The lowest BCUT2D eigenvalue weighted by atomic mass is 10.9. The first kappa shape index (κ1) is 7.87. The van der Waals surface area contributed by atoms with Gasteiger partial charge in [0.05, 0.1) is 12.4 Å². The summed E-state index contributed by atoms with van der Waals surface area (Å²) >= 11 is 0. The van der Waals surface area contributed by atoms with Crippen molar-refractivity contribution in [1.82, 2.24) is 5.90 Å². The third-order valence-corrected chi connectivity index (χ3v) is 1.46. The monoisotopic (exact) mass is 138 g/mol. The van der Waals surface area contributed by atoms with Crippen LogP contribution < -0.4 is 5.90 Å². The van der Waals surface area contributed by atoms with E-state index in [4.69, 9.17) is 5.90 Å². The van der Waals surface area contributed by atoms with Gasteiger partial charge in [0.1, 0.15) is 9.84 Å². The first-order chi connectivity index (χ1) is 3.56. The van der Waals surface area contributed by atoms with Gasteiger partial charge < -0.3 is 0 Å². The Morgan fingerprint density at radius 2 is 2.12 bits per heavy atom. The second kappa shape index (κ2) is 3.01. The standard InChI is InChI=1S/C3H8NO3S/c1-8(5,6)3-2-7-4/h4H,2-3H2,1H3. The Balaban J connectivity index is 3.42. The van der Waals surface area contributed by atoms with Crippen molar-refractivity contribution in [3.05, 3.63) is 0 Å². The summed E-state index contributed by atoms with van der Waals surface area (Å²) in [5, 5.41) is 0. The van der Waals surface area contributed by atoms with E-state index in [1.54, 1.807) is 0 Å². The molecule has 1 N–H and O–H groups in total. The largest absolute Gasteiger partial charge is 0.284 e. The molecule has 0 aliphatic rings. The highest BCUT2D eigenvalue weighted by Gasteiger charge is 1.98. The predicted molar refractivity (Wildman–Crippen MR) is 28.8 cm³/mol. The highest BCUT2D eigenvalue weighted by molar-refractivity contribution is 7.90. The summed E-state index contributed by atoms with van der Waals surface area (Å²) in [5.41, 5.74) is 0. The Morgan fingerprint density at radius 3 is 2.25 bits per heavy atom. The van der Waals surface area contributed by atoms with Crippen LogP contribution in [0.3, 0.4) is 0 Å². The van der Waals surface area contributed by atoms with Crippen LogP contribution >= 0.6 is 0 Å². The normalized spacial score (nSPS) is 11.8. The molecule has 5 heteroatoms. The fourth-order valence-corrected chi connectivity index (χ4v) is 0.579. The van der Waals surface area contributed by atoms with Gasteiger partial charge in [-0.05, 0) is 0 Å². The summed E-state index contributed by atoms with van der Waals surface area (Å²) in [6.07, 6.45) is 1.10. The molecule has 0 aliphatic heterocycles. The molecule has 0 saturated heterocycles. The van der Waals surface area contributed by atoms with Crippen LogP contribution in [0.2, 0.25) is 0 Å². The summed E-state index contributed by atoms with van der Waals surface area (Å²) in [6.45, 7) is -0.0428. The summed E-state index contributed by atoms with van der Waals surface area (Å²) < 4.78 is 20.5. The molecule has 49 valence electrons. The topological polar surface area (TPSA) is 67.2 Å². The Bertz CT molecular complexity index is 139. The van der Waals surface area contributed by atoms with Crippen molar-refractivity contribution < 1.29 is 13.3 Å². The highest BCUT2D eigenvalue weighted by Crippen LogP contribution is 1.79. The van der Waals surface area contributed by atoms with Crippen LogP contribution in [-0.4, -0.2) is 27.0 Å². The summed E-state index contributed by atoms with van der Waals surface area (Å²) in [5.74, 6) is 6.05. The maximum absolute atomic E-state index is 10.2. The quantitative estimate of drug-likeness (QED) is 0.482. The third-order valence-electron chi connectivity index (χ3n) is 0.556. The van der Waals surface area contributed by atoms with Crippen molar-refractivity contribution in [1.29, 1.82) is 0 Å². The molecule has 0 aromatic rings. The zero-order valence-electron chi connectivity index (χ0n) is 4.55. The lowest BCUT2D eigenvalue weighted by Gasteiger charge is -1.91. The van der Waals surface area contributed by atoms with Gasteiger partial charge in [0.2, 0.25) is 0 Å². The Hall–Kier alpha value is -0.130. The number of rotatable bonds is 3. The van der Waals surface area contributed by atoms with Crippen LogP contribution in [0.15, 0.2) is 0 Å². The molecule has 8 heavy (non-hydrogen) atoms. The van der Waals surface area contributed by atoms with E-state index in [1.165, 1.54) is 0 Å². The van der Waals surface area contributed by atoms with Gasteiger partial charge in [-0.15, -0.1) is 5.90 Å². The van der Waals surface area contributed by atoms with Gasteiger partial charge in [0, 0.05) is 6.26 Å². The molecule has 0 fully saturated rings. The average molecular weight is 138 g/mol. The maximum Gasteiger partial charge on any atom is 0.149 e. The van der Waals surface area contributed by atoms with Crippen molar-refractivity contribution in [3.63, 3.8) is 0 Å². The molecule has 0 atom stereocenters. The molecule has 1 radical (unpaired) electrons. The molecular formula is C3H8NO3S. The van der Waals surface area contributed by atoms with E-state index in [-0.39, 0.29) is 12.4 Å². The van der Waals surface area contributed by atoms with Crippen molar-refractivity contribution in [2.24, 2.45) is 0 Å². The van der Waals surface area contributed by atoms with Crippen LogP contribution in [0.25, 0.3) is 0 Å². The van der Waals surface area contributed by atoms with Crippen molar-refractivity contribution >= 4 is 9.84 Å². The van der Waals surface area contributed by atoms with E-state index >= 15 is 0 Å². The molecular weight excluding hydrogens is 130 g/mol. The molecule has 0 amide bonds. The van der Waals surface area contributed by atoms with E-state index in [0.717, 1.165) is 6.26 Å². The molecule has 0 heterocycles. The van der Waals surface area contributed by atoms with Crippen LogP contribution in [0, 0.1) is 0 Å². The second-order valence-electron chi connectivity index (χ2n) is 1.48. The van der Waals surface area contributed by atoms with Crippen LogP contribution in [0.1, 0.15) is 0 Å². The molecule has 0 aromatic heterocycles. The lowest BCUT2D eigenvalue weighted by molar-refractivity contribution is 0.133. The Kier molecular flexibility index (Phi) is 2.96. The average Bonchev–Trinajstić information content (AvgIpc) is 1.59. The molecule has 0 unspecified atom stereocenters. The number of nitrogens with one attached hydrogen (secondary N) is 1. The second-order valence-corrected chi connectivity index (χ2v) is 3.74. The lowest BCUT2D eigenvalue weighted by Crippen LogP contribution is -2.08. The summed E-state index contributed by atoms with van der Waals surface area (Å²) in [6, 6.07) is 0. The molecule has 4 nitrogen and oxygen atoms in total. The van der Waals surface area contributed by atoms with E-state index in [1.807, 2.05) is 0 Å². The Labute approximate surface area is 48.5 Å². The minimum absolute atomic E-state index is 0.0428. The van der Waals surface area contributed by atoms with E-state index in [9.17, 15) is 8.42 Å². The molecule has 0 aliphatic carbocycles. The van der Waals surface area contributed by atoms with Gasteiger partial charge in [-0.1, -0.05) is 0 Å². The van der Waals surface area contributed by atoms with E-state index < -0.39 is 9.84 Å². The highest BCUT2D eigenvalue weighted by atomic mass is 32.2. The van der Waals surface area contributed by atoms with Crippen molar-refractivity contribution in [2.75, 3.05) is 18.6 Å². The molecule has 0 aromatic carbocycles. The molecule has 0 saturated carbocycles. The van der Waals surface area contributed by atoms with Crippen LogP contribution in [-0.2, 0) is 14.7 Å². The minimum atomic E-state index is -2.93. The van der Waals surface area contributed by atoms with E-state index in [2.05, 4.69) is 4.84 Å². The van der Waals surface area contributed by atoms with Gasteiger partial charge in [0.15, 0.2) is 0 Å². The van der Waals surface area contributed by atoms with Gasteiger partial charge in [0.25, 0.3) is 0 Å². The zero-order chi connectivity index (χ0) is 6.62. The SMILES string of the molecule is CS(=O)(=O)CCO[NH]. The van der Waals surface area contributed by atoms with Gasteiger partial charge >= 0.3 is 0 Å². The molecule has 0 bridgehead atoms. The number of sulfone groups is 1. The molecule has 0 rings (SSSR count). The smallest absolute Gasteiger partial charge is 0.149 e. The van der Waals surface area contributed by atoms with Gasteiger partial charge in [-0.2, -0.15) is 0 Å². The van der Waals surface area contributed by atoms with E-state index in [0.29, 0.717) is 0 Å². The fourth-order valence-electron chi connectivity index (χ4n) is 0.193. The predicted octanol–water partition coefficient (Wildman–Crippen LogP) is -0.754. The summed E-state index contributed by atoms with van der Waals surface area (Å²) in [7, 11) is -2.93. The van der Waals surface area contributed by atoms with Crippen LogP contribution in [0.5, 0.6) is 0 Å². The number of hydrogen-bond acceptors (Lipinski definition) is 3. The van der Waals surface area contributed by atoms with Crippen molar-refractivity contribution in [3.8, 4) is 0 Å². The molecule has 0 spiro atoms. The van der Waals surface area contributed by atoms with Gasteiger partial charge in [-0.25, -0.2) is 8.42 Å². The first-order valence-corrected chi connectivity index (χ1v) is 4.08. The number of hydrogen-bond donors (Lipinski definition) is 0. The first-order valence-electron chi connectivity index (χ1n) is 2.02. The summed E-state index contributed by atoms with van der Waals surface area (Å²) in [4.78, 5) is 3.79. The third kappa shape index (κ3) is 5.87. The zero-order valence-corrected chi connectivity index (χ0v) is 5.36. The maximum atomic E-state index is 10.2. The minimum Gasteiger partial charge on any atom is -0.284 e. The van der Waals surface area contributed by atoms with Gasteiger partial charge in [-0.3, -0.25) is 4.84 Å². The van der Waals surface area contributed by atoms with Crippen LogP contribution in [0.4, 0.5) is 0 Å². The van der Waals surface area contributed by atoms with Crippen molar-refractivity contribution in [2.45, 2.75) is 0 Å². The Morgan fingerprint density at radius 1 is 1.62 bits per heavy atom.